The monoisotopic (exact) mass is 473 g/mol. The number of hydrazone groups is 1. The van der Waals surface area contributed by atoms with Gasteiger partial charge in [-0.25, -0.2) is 13.4 Å². The Bertz CT molecular complexity index is 1250. The number of benzene rings is 2. The third-order valence-corrected chi connectivity index (χ3v) is 7.34. The maximum absolute atomic E-state index is 12.9. The van der Waals surface area contributed by atoms with E-state index in [0.29, 0.717) is 48.3 Å². The van der Waals surface area contributed by atoms with E-state index in [-0.39, 0.29) is 10.6 Å². The van der Waals surface area contributed by atoms with Gasteiger partial charge in [-0.3, -0.25) is 15.5 Å². The number of nitro groups is 1. The molecule has 0 amide bonds. The Hall–Kier alpha value is -3.19. The fraction of sp³-hybridized carbons (Fsp3) is 0.200. The van der Waals surface area contributed by atoms with Crippen molar-refractivity contribution in [3.63, 3.8) is 0 Å². The van der Waals surface area contributed by atoms with Crippen LogP contribution >= 0.6 is 11.3 Å². The van der Waals surface area contributed by atoms with Gasteiger partial charge in [-0.05, 0) is 12.1 Å². The van der Waals surface area contributed by atoms with E-state index < -0.39 is 14.9 Å². The third kappa shape index (κ3) is 4.99. The summed E-state index contributed by atoms with van der Waals surface area (Å²) in [5, 5.41) is 17.2. The molecule has 32 heavy (non-hydrogen) atoms. The topological polar surface area (TPSA) is 127 Å². The molecule has 2 heterocycles. The second kappa shape index (κ2) is 9.53. The fourth-order valence-corrected chi connectivity index (χ4v) is 5.21. The average molecular weight is 474 g/mol. The molecular formula is C20H19N5O5S2. The highest BCUT2D eigenvalue weighted by Gasteiger charge is 2.26. The number of hydrogen-bond acceptors (Lipinski definition) is 9. The number of aromatic nitrogens is 1. The van der Waals surface area contributed by atoms with E-state index in [0.717, 1.165) is 0 Å². The van der Waals surface area contributed by atoms with Crippen LogP contribution in [0.1, 0.15) is 5.56 Å². The molecule has 1 saturated heterocycles. The van der Waals surface area contributed by atoms with Crippen molar-refractivity contribution in [2.24, 2.45) is 5.10 Å². The van der Waals surface area contributed by atoms with E-state index >= 15 is 0 Å². The summed E-state index contributed by atoms with van der Waals surface area (Å²) in [5.41, 5.74) is 4.64. The first-order chi connectivity index (χ1) is 15.4. The van der Waals surface area contributed by atoms with E-state index in [1.807, 2.05) is 0 Å². The number of anilines is 1. The molecule has 166 valence electrons. The molecule has 0 atom stereocenters. The smallest absolute Gasteiger partial charge is 0.270 e. The summed E-state index contributed by atoms with van der Waals surface area (Å²) in [7, 11) is -3.60. The number of nitrogens with one attached hydrogen (secondary N) is 1. The molecule has 0 saturated carbocycles. The highest BCUT2D eigenvalue weighted by atomic mass is 32.2. The van der Waals surface area contributed by atoms with Crippen LogP contribution in [0.5, 0.6) is 0 Å². The molecule has 1 aliphatic heterocycles. The molecule has 0 bridgehead atoms. The van der Waals surface area contributed by atoms with Gasteiger partial charge >= 0.3 is 0 Å². The second-order valence-electron chi connectivity index (χ2n) is 6.80. The van der Waals surface area contributed by atoms with Crippen molar-refractivity contribution in [1.82, 2.24) is 9.29 Å². The lowest BCUT2D eigenvalue weighted by molar-refractivity contribution is -0.384. The van der Waals surface area contributed by atoms with E-state index in [9.17, 15) is 18.5 Å². The molecule has 12 heteroatoms. The van der Waals surface area contributed by atoms with Crippen LogP contribution in [-0.2, 0) is 14.8 Å². The molecule has 2 aromatic carbocycles. The maximum atomic E-state index is 12.9. The Balaban J connectivity index is 1.47. The van der Waals surface area contributed by atoms with Crippen molar-refractivity contribution in [2.45, 2.75) is 4.90 Å². The predicted octanol–water partition coefficient (Wildman–Crippen LogP) is 3.19. The molecule has 4 rings (SSSR count). The zero-order valence-corrected chi connectivity index (χ0v) is 18.4. The Morgan fingerprint density at radius 2 is 1.97 bits per heavy atom. The van der Waals surface area contributed by atoms with Crippen LogP contribution in [0, 0.1) is 10.1 Å². The lowest BCUT2D eigenvalue weighted by Crippen LogP contribution is -2.40. The quantitative estimate of drug-likeness (QED) is 0.317. The van der Waals surface area contributed by atoms with Gasteiger partial charge in [0.25, 0.3) is 5.69 Å². The maximum Gasteiger partial charge on any atom is 0.270 e. The number of non-ortho nitro benzene ring substituents is 1. The first-order valence-corrected chi connectivity index (χ1v) is 11.9. The lowest BCUT2D eigenvalue weighted by atomic mass is 10.2. The fourth-order valence-electron chi connectivity index (χ4n) is 3.09. The number of ether oxygens (including phenoxy) is 1. The van der Waals surface area contributed by atoms with Gasteiger partial charge in [-0.15, -0.1) is 11.3 Å². The molecule has 0 radical (unpaired) electrons. The van der Waals surface area contributed by atoms with Crippen LogP contribution in [-0.4, -0.2) is 55.1 Å². The van der Waals surface area contributed by atoms with Crippen molar-refractivity contribution >= 4 is 38.4 Å². The lowest BCUT2D eigenvalue weighted by Gasteiger charge is -2.26. The van der Waals surface area contributed by atoms with Crippen molar-refractivity contribution in [3.05, 3.63) is 69.6 Å². The molecule has 3 aromatic rings. The molecular weight excluding hydrogens is 454 g/mol. The van der Waals surface area contributed by atoms with Gasteiger partial charge < -0.3 is 4.74 Å². The number of nitrogens with zero attached hydrogens (tertiary/aromatic N) is 4. The van der Waals surface area contributed by atoms with Gasteiger partial charge in [0, 0.05) is 41.7 Å². The van der Waals surface area contributed by atoms with Gasteiger partial charge in [0.15, 0.2) is 0 Å². The summed E-state index contributed by atoms with van der Waals surface area (Å²) in [6, 6.07) is 12.8. The summed E-state index contributed by atoms with van der Waals surface area (Å²) in [6.07, 6.45) is 1.46. The van der Waals surface area contributed by atoms with Crippen LogP contribution in [0.2, 0.25) is 0 Å². The molecule has 0 unspecified atom stereocenters. The number of thiazole rings is 1. The predicted molar refractivity (Wildman–Crippen MR) is 121 cm³/mol. The van der Waals surface area contributed by atoms with E-state index in [1.165, 1.54) is 34.0 Å². The minimum absolute atomic E-state index is 0.0163. The molecule has 0 aliphatic carbocycles. The minimum Gasteiger partial charge on any atom is -0.379 e. The largest absolute Gasteiger partial charge is 0.379 e. The van der Waals surface area contributed by atoms with E-state index in [4.69, 9.17) is 4.74 Å². The van der Waals surface area contributed by atoms with Gasteiger partial charge in [-0.1, -0.05) is 24.3 Å². The highest BCUT2D eigenvalue weighted by molar-refractivity contribution is 7.89. The zero-order chi connectivity index (χ0) is 22.6. The van der Waals surface area contributed by atoms with Gasteiger partial charge in [0.2, 0.25) is 15.2 Å². The molecule has 1 aromatic heterocycles. The summed E-state index contributed by atoms with van der Waals surface area (Å²) in [6.45, 7) is 1.44. The van der Waals surface area contributed by atoms with Crippen LogP contribution in [0.4, 0.5) is 10.8 Å². The Labute approximate surface area is 188 Å². The Kier molecular flexibility index (Phi) is 6.55. The summed E-state index contributed by atoms with van der Waals surface area (Å²) in [4.78, 5) is 15.0. The zero-order valence-electron chi connectivity index (χ0n) is 16.7. The van der Waals surface area contributed by atoms with E-state index in [2.05, 4.69) is 15.5 Å². The number of hydrogen-bond donors (Lipinski definition) is 1. The molecule has 1 aliphatic rings. The second-order valence-corrected chi connectivity index (χ2v) is 9.60. The van der Waals surface area contributed by atoms with Crippen LogP contribution < -0.4 is 5.43 Å². The highest BCUT2D eigenvalue weighted by Crippen LogP contribution is 2.28. The molecule has 0 spiro atoms. The number of rotatable bonds is 7. The van der Waals surface area contributed by atoms with Gasteiger partial charge in [0.05, 0.1) is 34.9 Å². The van der Waals surface area contributed by atoms with Crippen LogP contribution in [0.25, 0.3) is 11.3 Å². The van der Waals surface area contributed by atoms with E-state index in [1.54, 1.807) is 41.8 Å². The molecule has 1 fully saturated rings. The molecule has 10 nitrogen and oxygen atoms in total. The number of morpholine rings is 1. The summed E-state index contributed by atoms with van der Waals surface area (Å²) in [5.74, 6) is 0. The Morgan fingerprint density at radius 1 is 1.19 bits per heavy atom. The van der Waals surface area contributed by atoms with Crippen molar-refractivity contribution in [1.29, 1.82) is 0 Å². The summed E-state index contributed by atoms with van der Waals surface area (Å²) >= 11 is 1.31. The van der Waals surface area contributed by atoms with Crippen LogP contribution in [0.3, 0.4) is 0 Å². The first kappa shape index (κ1) is 22.0. The molecule has 1 N–H and O–H groups in total. The summed E-state index contributed by atoms with van der Waals surface area (Å²) < 4.78 is 32.5. The Morgan fingerprint density at radius 3 is 2.75 bits per heavy atom. The average Bonchev–Trinajstić information content (AvgIpc) is 3.29. The standard InChI is InChI=1S/C20H19N5O5S2/c26-25(27)17-5-1-3-15(11-17)13-21-23-20-22-19(14-31-20)16-4-2-6-18(12-16)32(28,29)24-7-9-30-10-8-24/h1-6,11-14H,7-10H2,(H,22,23). The SMILES string of the molecule is O=[N+]([O-])c1cccc(C=NNc2nc(-c3cccc(S(=O)(=O)N4CCOCC4)c3)cs2)c1. The normalized spacial score (nSPS) is 15.1. The van der Waals surface area contributed by atoms with Gasteiger partial charge in [-0.2, -0.15) is 9.41 Å². The van der Waals surface area contributed by atoms with Crippen molar-refractivity contribution in [2.75, 3.05) is 31.7 Å². The first-order valence-electron chi connectivity index (χ1n) is 9.61. The minimum atomic E-state index is -3.60. The van der Waals surface area contributed by atoms with Crippen LogP contribution in [0.15, 0.2) is 63.9 Å². The number of nitro benzene ring substituents is 1. The van der Waals surface area contributed by atoms with Gasteiger partial charge in [0.1, 0.15) is 0 Å². The van der Waals surface area contributed by atoms with Crippen molar-refractivity contribution in [3.8, 4) is 11.3 Å². The third-order valence-electron chi connectivity index (χ3n) is 4.70. The van der Waals surface area contributed by atoms with Crippen molar-refractivity contribution < 1.29 is 18.1 Å². The number of sulfonamides is 1.